The van der Waals surface area contributed by atoms with Gasteiger partial charge in [-0.1, -0.05) is 18.2 Å². The van der Waals surface area contributed by atoms with Crippen LogP contribution in [0.1, 0.15) is 22.8 Å². The first kappa shape index (κ1) is 24.1. The SMILES string of the molecule is COC(=O)CNC(=O)c1cccc(NC(=O)C(C)NC(=O)C=Cc2ccc(OC)cc2)c1. The third-order valence-electron chi connectivity index (χ3n) is 4.31. The molecule has 0 aliphatic rings. The number of anilines is 1. The second-order valence-corrected chi connectivity index (χ2v) is 6.67. The molecule has 9 heteroatoms. The zero-order valence-electron chi connectivity index (χ0n) is 18.0. The van der Waals surface area contributed by atoms with E-state index in [0.29, 0.717) is 11.4 Å². The number of hydrogen-bond donors (Lipinski definition) is 3. The van der Waals surface area contributed by atoms with Crippen LogP contribution < -0.4 is 20.7 Å². The lowest BCUT2D eigenvalue weighted by atomic mass is 10.1. The van der Waals surface area contributed by atoms with Gasteiger partial charge in [-0.3, -0.25) is 19.2 Å². The molecule has 2 aromatic carbocycles. The topological polar surface area (TPSA) is 123 Å². The zero-order chi connectivity index (χ0) is 23.5. The van der Waals surface area contributed by atoms with Crippen molar-refractivity contribution in [1.82, 2.24) is 10.6 Å². The highest BCUT2D eigenvalue weighted by molar-refractivity contribution is 6.01. The Kier molecular flexibility index (Phi) is 8.97. The van der Waals surface area contributed by atoms with Crippen LogP contribution in [0.15, 0.2) is 54.6 Å². The van der Waals surface area contributed by atoms with E-state index in [-0.39, 0.29) is 12.1 Å². The van der Waals surface area contributed by atoms with E-state index in [0.717, 1.165) is 5.56 Å². The minimum absolute atomic E-state index is 0.255. The molecule has 3 amide bonds. The molecule has 0 spiro atoms. The Hall–Kier alpha value is -4.14. The number of carbonyl (C=O) groups excluding carboxylic acids is 4. The summed E-state index contributed by atoms with van der Waals surface area (Å²) in [6, 6.07) is 12.5. The first-order valence-corrected chi connectivity index (χ1v) is 9.71. The number of methoxy groups -OCH3 is 2. The monoisotopic (exact) mass is 439 g/mol. The Labute approximate surface area is 185 Å². The third kappa shape index (κ3) is 7.60. The van der Waals surface area contributed by atoms with E-state index in [2.05, 4.69) is 20.7 Å². The third-order valence-corrected chi connectivity index (χ3v) is 4.31. The predicted molar refractivity (Wildman–Crippen MR) is 119 cm³/mol. The molecule has 0 saturated heterocycles. The summed E-state index contributed by atoms with van der Waals surface area (Å²) in [4.78, 5) is 47.8. The number of ether oxygens (including phenoxy) is 2. The first-order valence-electron chi connectivity index (χ1n) is 9.71. The van der Waals surface area contributed by atoms with Crippen LogP contribution in [-0.4, -0.2) is 50.5 Å². The van der Waals surface area contributed by atoms with Crippen molar-refractivity contribution in [2.75, 3.05) is 26.1 Å². The average molecular weight is 439 g/mol. The van der Waals surface area contributed by atoms with Gasteiger partial charge >= 0.3 is 5.97 Å². The molecule has 3 N–H and O–H groups in total. The van der Waals surface area contributed by atoms with E-state index >= 15 is 0 Å². The fourth-order valence-corrected chi connectivity index (χ4v) is 2.53. The Morgan fingerprint density at radius 2 is 1.75 bits per heavy atom. The van der Waals surface area contributed by atoms with Crippen molar-refractivity contribution in [3.63, 3.8) is 0 Å². The standard InChI is InChI=1S/C23H25N3O6/c1-15(25-20(27)12-9-16-7-10-19(31-2)11-8-16)22(29)26-18-6-4-5-17(13-18)23(30)24-14-21(28)32-3/h4-13,15H,14H2,1-3H3,(H,24,30)(H,25,27)(H,26,29). The van der Waals surface area contributed by atoms with Crippen molar-refractivity contribution in [1.29, 1.82) is 0 Å². The number of rotatable bonds is 9. The van der Waals surface area contributed by atoms with E-state index in [1.165, 1.54) is 25.3 Å². The van der Waals surface area contributed by atoms with Crippen LogP contribution in [-0.2, 0) is 19.1 Å². The molecule has 0 aliphatic heterocycles. The van der Waals surface area contributed by atoms with Gasteiger partial charge in [-0.25, -0.2) is 0 Å². The van der Waals surface area contributed by atoms with Gasteiger partial charge in [0.15, 0.2) is 0 Å². The van der Waals surface area contributed by atoms with Gasteiger partial charge in [0.05, 0.1) is 14.2 Å². The van der Waals surface area contributed by atoms with Crippen molar-refractivity contribution < 1.29 is 28.7 Å². The van der Waals surface area contributed by atoms with Gasteiger partial charge in [0, 0.05) is 17.3 Å². The highest BCUT2D eigenvalue weighted by Crippen LogP contribution is 2.13. The summed E-state index contributed by atoms with van der Waals surface area (Å²) in [5.74, 6) is -1.24. The van der Waals surface area contributed by atoms with Crippen molar-refractivity contribution >= 4 is 35.5 Å². The van der Waals surface area contributed by atoms with Crippen LogP contribution in [0.25, 0.3) is 6.08 Å². The largest absolute Gasteiger partial charge is 0.497 e. The van der Waals surface area contributed by atoms with Crippen LogP contribution >= 0.6 is 0 Å². The van der Waals surface area contributed by atoms with Gasteiger partial charge in [0.1, 0.15) is 18.3 Å². The number of carbonyl (C=O) groups is 4. The molecule has 0 saturated carbocycles. The Morgan fingerprint density at radius 1 is 1.03 bits per heavy atom. The predicted octanol–water partition coefficient (Wildman–Crippen LogP) is 1.75. The molecular formula is C23H25N3O6. The van der Waals surface area contributed by atoms with Gasteiger partial charge in [-0.15, -0.1) is 0 Å². The lowest BCUT2D eigenvalue weighted by Gasteiger charge is -2.13. The first-order chi connectivity index (χ1) is 15.3. The summed E-state index contributed by atoms with van der Waals surface area (Å²) < 4.78 is 9.55. The maximum atomic E-state index is 12.4. The highest BCUT2D eigenvalue weighted by Gasteiger charge is 2.15. The second-order valence-electron chi connectivity index (χ2n) is 6.67. The fraction of sp³-hybridized carbons (Fsp3) is 0.217. The van der Waals surface area contributed by atoms with Crippen LogP contribution in [0, 0.1) is 0 Å². The molecule has 32 heavy (non-hydrogen) atoms. The van der Waals surface area contributed by atoms with Crippen molar-refractivity contribution in [2.24, 2.45) is 0 Å². The van der Waals surface area contributed by atoms with Crippen LogP contribution in [0.3, 0.4) is 0 Å². The highest BCUT2D eigenvalue weighted by atomic mass is 16.5. The van der Waals surface area contributed by atoms with E-state index in [4.69, 9.17) is 4.74 Å². The maximum absolute atomic E-state index is 12.4. The number of amides is 3. The summed E-state index contributed by atoms with van der Waals surface area (Å²) in [7, 11) is 2.79. The quantitative estimate of drug-likeness (QED) is 0.404. The van der Waals surface area contributed by atoms with Crippen LogP contribution in [0.2, 0.25) is 0 Å². The van der Waals surface area contributed by atoms with Crippen LogP contribution in [0.4, 0.5) is 5.69 Å². The Balaban J connectivity index is 1.89. The molecule has 0 aliphatic carbocycles. The number of nitrogens with one attached hydrogen (secondary N) is 3. The number of hydrogen-bond acceptors (Lipinski definition) is 6. The molecule has 1 atom stereocenters. The smallest absolute Gasteiger partial charge is 0.325 e. The summed E-state index contributed by atoms with van der Waals surface area (Å²) in [6.07, 6.45) is 2.95. The van der Waals surface area contributed by atoms with Gasteiger partial charge in [-0.2, -0.15) is 0 Å². The van der Waals surface area contributed by atoms with E-state index < -0.39 is 29.7 Å². The average Bonchev–Trinajstić information content (AvgIpc) is 2.81. The maximum Gasteiger partial charge on any atom is 0.325 e. The molecule has 9 nitrogen and oxygen atoms in total. The minimum Gasteiger partial charge on any atom is -0.497 e. The normalized spacial score (nSPS) is 11.3. The molecule has 1 unspecified atom stereocenters. The fourth-order valence-electron chi connectivity index (χ4n) is 2.53. The molecule has 0 fully saturated rings. The van der Waals surface area contributed by atoms with E-state index in [1.54, 1.807) is 56.5 Å². The van der Waals surface area contributed by atoms with Crippen LogP contribution in [0.5, 0.6) is 5.75 Å². The Bertz CT molecular complexity index is 1000. The van der Waals surface area contributed by atoms with Gasteiger partial charge in [-0.05, 0) is 48.9 Å². The molecule has 2 aromatic rings. The van der Waals surface area contributed by atoms with Crippen molar-refractivity contribution in [3.05, 3.63) is 65.7 Å². The minimum atomic E-state index is -0.820. The van der Waals surface area contributed by atoms with Crippen molar-refractivity contribution in [2.45, 2.75) is 13.0 Å². The van der Waals surface area contributed by atoms with E-state index in [9.17, 15) is 19.2 Å². The second kappa shape index (κ2) is 11.9. The van der Waals surface area contributed by atoms with E-state index in [1.807, 2.05) is 0 Å². The molecule has 0 aromatic heterocycles. The van der Waals surface area contributed by atoms with Gasteiger partial charge in [0.25, 0.3) is 5.91 Å². The summed E-state index contributed by atoms with van der Waals surface area (Å²) >= 11 is 0. The number of benzene rings is 2. The summed E-state index contributed by atoms with van der Waals surface area (Å²) in [5, 5.41) is 7.63. The van der Waals surface area contributed by atoms with Crippen molar-refractivity contribution in [3.8, 4) is 5.75 Å². The molecule has 168 valence electrons. The van der Waals surface area contributed by atoms with Gasteiger partial charge in [0.2, 0.25) is 11.8 Å². The molecule has 0 heterocycles. The molecule has 2 rings (SSSR count). The Morgan fingerprint density at radius 3 is 2.41 bits per heavy atom. The lowest BCUT2D eigenvalue weighted by molar-refractivity contribution is -0.139. The summed E-state index contributed by atoms with van der Waals surface area (Å²) in [6.45, 7) is 1.28. The molecule has 0 bridgehead atoms. The number of esters is 1. The zero-order valence-corrected chi connectivity index (χ0v) is 18.0. The summed E-state index contributed by atoms with van der Waals surface area (Å²) in [5.41, 5.74) is 1.43. The molecular weight excluding hydrogens is 414 g/mol. The molecule has 0 radical (unpaired) electrons. The lowest BCUT2D eigenvalue weighted by Crippen LogP contribution is -2.40. The van der Waals surface area contributed by atoms with Gasteiger partial charge < -0.3 is 25.4 Å².